The number of nitrogens with zero attached hydrogens (tertiary/aromatic N) is 1. The molecule has 1 aliphatic heterocycles. The molecule has 4 aliphatic rings. The van der Waals surface area contributed by atoms with E-state index in [9.17, 15) is 14.7 Å². The molecule has 1 unspecified atom stereocenters. The smallest absolute Gasteiger partial charge is 0.287 e. The summed E-state index contributed by atoms with van der Waals surface area (Å²) in [6, 6.07) is 11.0. The van der Waals surface area contributed by atoms with Gasteiger partial charge < -0.3 is 10.4 Å². The van der Waals surface area contributed by atoms with Crippen molar-refractivity contribution in [3.8, 4) is 0 Å². The predicted octanol–water partition coefficient (Wildman–Crippen LogP) is 2.25. The van der Waals surface area contributed by atoms with E-state index in [4.69, 9.17) is 0 Å². The minimum absolute atomic E-state index is 0.0461. The van der Waals surface area contributed by atoms with Crippen molar-refractivity contribution in [2.45, 2.75) is 86.9 Å². The van der Waals surface area contributed by atoms with E-state index in [1.54, 1.807) is 0 Å². The Morgan fingerprint density at radius 3 is 2.41 bits per heavy atom. The second kappa shape index (κ2) is 9.01. The summed E-state index contributed by atoms with van der Waals surface area (Å²) >= 11 is 0. The zero-order valence-corrected chi connectivity index (χ0v) is 20.6. The molecule has 186 valence electrons. The summed E-state index contributed by atoms with van der Waals surface area (Å²) in [5, 5.41) is 13.7. The van der Waals surface area contributed by atoms with Crippen LogP contribution < -0.4 is 16.2 Å². The first-order valence-electron chi connectivity index (χ1n) is 13.0. The number of nitrogens with one attached hydrogen (secondary N) is 3. The van der Waals surface area contributed by atoms with Gasteiger partial charge in [0.15, 0.2) is 0 Å². The van der Waals surface area contributed by atoms with Gasteiger partial charge in [0.2, 0.25) is 5.78 Å². The fourth-order valence-corrected chi connectivity index (χ4v) is 6.65. The molecule has 0 aromatic heterocycles. The molecule has 4 N–H and O–H groups in total. The van der Waals surface area contributed by atoms with Crippen LogP contribution in [-0.2, 0) is 15.1 Å². The van der Waals surface area contributed by atoms with Gasteiger partial charge in [0.05, 0.1) is 5.60 Å². The Kier molecular flexibility index (Phi) is 6.34. The van der Waals surface area contributed by atoms with Crippen molar-refractivity contribution in [2.24, 2.45) is 11.8 Å². The molecule has 4 fully saturated rings. The van der Waals surface area contributed by atoms with Crippen molar-refractivity contribution in [3.63, 3.8) is 0 Å². The van der Waals surface area contributed by atoms with Crippen LogP contribution in [0.1, 0.15) is 69.8 Å². The van der Waals surface area contributed by atoms with Crippen molar-refractivity contribution < 1.29 is 14.7 Å². The highest BCUT2D eigenvalue weighted by Crippen LogP contribution is 2.52. The molecule has 0 bridgehead atoms. The van der Waals surface area contributed by atoms with Crippen LogP contribution in [0.4, 0.5) is 0 Å². The molecule has 5 rings (SSSR count). The Morgan fingerprint density at radius 1 is 1.09 bits per heavy atom. The van der Waals surface area contributed by atoms with Crippen LogP contribution in [0.5, 0.6) is 0 Å². The van der Waals surface area contributed by atoms with Gasteiger partial charge in [0, 0.05) is 36.0 Å². The lowest BCUT2D eigenvalue weighted by Crippen LogP contribution is -2.53. The first kappa shape index (κ1) is 23.9. The van der Waals surface area contributed by atoms with Gasteiger partial charge in [-0.25, -0.2) is 0 Å². The Morgan fingerprint density at radius 2 is 1.79 bits per heavy atom. The summed E-state index contributed by atoms with van der Waals surface area (Å²) < 4.78 is 0. The van der Waals surface area contributed by atoms with Crippen molar-refractivity contribution in [2.75, 3.05) is 20.6 Å². The van der Waals surface area contributed by atoms with Crippen molar-refractivity contribution in [1.29, 1.82) is 0 Å². The maximum Gasteiger partial charge on any atom is 0.287 e. The van der Waals surface area contributed by atoms with E-state index >= 15 is 0 Å². The number of ketones is 1. The highest BCUT2D eigenvalue weighted by molar-refractivity contribution is 6.36. The largest absolute Gasteiger partial charge is 0.388 e. The number of hydrogen-bond donors (Lipinski definition) is 4. The summed E-state index contributed by atoms with van der Waals surface area (Å²) in [4.78, 5) is 26.7. The van der Waals surface area contributed by atoms with Crippen LogP contribution >= 0.6 is 0 Å². The molecular weight excluding hydrogens is 428 g/mol. The monoisotopic (exact) mass is 468 g/mol. The molecule has 0 radical (unpaired) electrons. The van der Waals surface area contributed by atoms with E-state index in [1.807, 2.05) is 0 Å². The van der Waals surface area contributed by atoms with Crippen LogP contribution in [0.3, 0.4) is 0 Å². The Bertz CT molecular complexity index is 908. The Hall–Kier alpha value is -1.80. The number of hydrogen-bond acceptors (Lipinski definition) is 6. The van der Waals surface area contributed by atoms with Crippen LogP contribution in [0.2, 0.25) is 0 Å². The summed E-state index contributed by atoms with van der Waals surface area (Å²) in [7, 11) is 4.37. The summed E-state index contributed by atoms with van der Waals surface area (Å²) in [5.74, 6) is -0.400. The SMILES string of the molecule is CN(C)C1(c2ccccc2)CCC2(CC1)CC([C@@H]1C[C@]1(O)CNC(=O)C(=O)CC1CCC1)NN2. The van der Waals surface area contributed by atoms with E-state index in [2.05, 4.69) is 65.5 Å². The third kappa shape index (κ3) is 4.43. The number of carbonyl (C=O) groups is 2. The fourth-order valence-electron chi connectivity index (χ4n) is 6.65. The van der Waals surface area contributed by atoms with Gasteiger partial charge in [0.25, 0.3) is 5.91 Å². The van der Waals surface area contributed by atoms with Gasteiger partial charge >= 0.3 is 0 Å². The standard InChI is InChI=1S/C27H40N4O3/c1-31(2)26(20-9-4-3-5-10-20)13-11-25(12-14-26)17-22(29-30-25)21-16-27(21,34)18-28-24(33)23(32)15-19-7-6-8-19/h3-5,9-10,19,21-22,29-30,34H,6-8,11-18H2,1-2H3,(H,28,33)/t21-,22?,25?,26?,27-/m0/s1. The van der Waals surface area contributed by atoms with E-state index in [0.717, 1.165) is 51.4 Å². The zero-order valence-electron chi connectivity index (χ0n) is 20.6. The Labute approximate surface area is 203 Å². The molecule has 3 saturated carbocycles. The van der Waals surface area contributed by atoms with Crippen LogP contribution in [0, 0.1) is 11.8 Å². The van der Waals surface area contributed by atoms with Crippen molar-refractivity contribution in [3.05, 3.63) is 35.9 Å². The van der Waals surface area contributed by atoms with Gasteiger partial charge in [-0.1, -0.05) is 36.8 Å². The number of rotatable bonds is 8. The summed E-state index contributed by atoms with van der Waals surface area (Å²) in [6.07, 6.45) is 9.55. The normalized spacial score (nSPS) is 37.5. The molecule has 7 nitrogen and oxygen atoms in total. The first-order chi connectivity index (χ1) is 16.3. The number of Topliss-reactive ketones (excluding diaryl/α,β-unsaturated/α-hetero) is 1. The van der Waals surface area contributed by atoms with E-state index in [0.29, 0.717) is 18.8 Å². The third-order valence-corrected chi connectivity index (χ3v) is 9.43. The fraction of sp³-hybridized carbons (Fsp3) is 0.704. The van der Waals surface area contributed by atoms with E-state index in [-0.39, 0.29) is 35.4 Å². The molecule has 7 heteroatoms. The van der Waals surface area contributed by atoms with Crippen LogP contribution in [0.25, 0.3) is 0 Å². The Balaban J connectivity index is 1.13. The molecule has 3 aliphatic carbocycles. The molecule has 1 heterocycles. The number of carbonyl (C=O) groups excluding carboxylic acids is 2. The second-order valence-corrected chi connectivity index (χ2v) is 11.7. The molecule has 1 aromatic carbocycles. The zero-order chi connectivity index (χ0) is 24.0. The molecule has 1 aromatic rings. The number of aliphatic hydroxyl groups is 1. The molecule has 34 heavy (non-hydrogen) atoms. The minimum Gasteiger partial charge on any atom is -0.388 e. The first-order valence-corrected chi connectivity index (χ1v) is 13.0. The highest BCUT2D eigenvalue weighted by atomic mass is 16.3. The maximum absolute atomic E-state index is 12.2. The summed E-state index contributed by atoms with van der Waals surface area (Å²) in [5.41, 5.74) is 7.66. The molecule has 1 saturated heterocycles. The van der Waals surface area contributed by atoms with Crippen molar-refractivity contribution >= 4 is 11.7 Å². The number of benzene rings is 1. The molecule has 1 amide bonds. The van der Waals surface area contributed by atoms with Gasteiger partial charge in [-0.05, 0) is 76.9 Å². The second-order valence-electron chi connectivity index (χ2n) is 11.7. The van der Waals surface area contributed by atoms with Gasteiger partial charge in [-0.3, -0.25) is 25.3 Å². The average Bonchev–Trinajstić information content (AvgIpc) is 3.32. The predicted molar refractivity (Wildman–Crippen MR) is 131 cm³/mol. The summed E-state index contributed by atoms with van der Waals surface area (Å²) in [6.45, 7) is 0.163. The third-order valence-electron chi connectivity index (χ3n) is 9.43. The minimum atomic E-state index is -0.913. The highest BCUT2D eigenvalue weighted by Gasteiger charge is 2.60. The number of amides is 1. The lowest BCUT2D eigenvalue weighted by atomic mass is 9.67. The molecule has 1 spiro atoms. The van der Waals surface area contributed by atoms with Gasteiger partial charge in [-0.15, -0.1) is 0 Å². The van der Waals surface area contributed by atoms with Gasteiger partial charge in [0.1, 0.15) is 0 Å². The lowest BCUT2D eigenvalue weighted by Gasteiger charge is -2.49. The molecular formula is C27H40N4O3. The van der Waals surface area contributed by atoms with Crippen LogP contribution in [-0.4, -0.2) is 59.5 Å². The molecule has 3 atom stereocenters. The maximum atomic E-state index is 12.2. The van der Waals surface area contributed by atoms with Crippen molar-refractivity contribution in [1.82, 2.24) is 21.1 Å². The number of hydrazine groups is 1. The lowest BCUT2D eigenvalue weighted by molar-refractivity contribution is -0.139. The van der Waals surface area contributed by atoms with E-state index in [1.165, 1.54) is 5.56 Å². The quantitative estimate of drug-likeness (QED) is 0.438. The topological polar surface area (TPSA) is 93.7 Å². The van der Waals surface area contributed by atoms with Crippen LogP contribution in [0.15, 0.2) is 30.3 Å². The average molecular weight is 469 g/mol. The van der Waals surface area contributed by atoms with Gasteiger partial charge in [-0.2, -0.15) is 0 Å². The van der Waals surface area contributed by atoms with E-state index < -0.39 is 11.5 Å².